The van der Waals surface area contributed by atoms with Gasteiger partial charge in [0.05, 0.1) is 36.4 Å². The lowest BCUT2D eigenvalue weighted by Crippen LogP contribution is -2.25. The first kappa shape index (κ1) is 33.1. The van der Waals surface area contributed by atoms with E-state index in [1.54, 1.807) is 49.4 Å². The second-order valence-corrected chi connectivity index (χ2v) is 10.2. The van der Waals surface area contributed by atoms with Gasteiger partial charge in [0.2, 0.25) is 0 Å². The molecule has 45 heavy (non-hydrogen) atoms. The highest BCUT2D eigenvalue weighted by Crippen LogP contribution is 2.39. The first-order valence-electron chi connectivity index (χ1n) is 14.8. The number of halogens is 3. The number of rotatable bonds is 13. The van der Waals surface area contributed by atoms with Crippen LogP contribution in [-0.2, 0) is 40.0 Å². The molecule has 0 N–H and O–H groups in total. The molecular weight excluding hydrogens is 583 g/mol. The van der Waals surface area contributed by atoms with Crippen LogP contribution in [0.25, 0.3) is 11.1 Å². The van der Waals surface area contributed by atoms with Gasteiger partial charge in [0.25, 0.3) is 0 Å². The largest absolute Gasteiger partial charge is 0.493 e. The molecule has 0 bridgehead atoms. The zero-order valence-electron chi connectivity index (χ0n) is 25.5. The standard InChI is InChI=1S/C36H36F3NO5/c1-4-40(32-15-11-10-14-30(32)35(42)45-24-25-12-8-7-9-13-25)23-27-22-28(36(37,38)39)17-18-29(27)31-20-26(21-34(41)44-6-3)16-19-33(31)43-5-2/h7-20,22H,4-6,21,23-24H2,1-3H3. The molecule has 4 aromatic rings. The molecule has 0 atom stereocenters. The molecule has 0 saturated heterocycles. The van der Waals surface area contributed by atoms with Gasteiger partial charge in [0, 0.05) is 18.7 Å². The molecule has 0 heterocycles. The third kappa shape index (κ3) is 8.65. The van der Waals surface area contributed by atoms with Crippen LogP contribution in [-0.4, -0.2) is 31.7 Å². The molecule has 0 aliphatic rings. The van der Waals surface area contributed by atoms with Crippen LogP contribution in [0, 0.1) is 0 Å². The van der Waals surface area contributed by atoms with E-state index < -0.39 is 23.7 Å². The lowest BCUT2D eigenvalue weighted by Gasteiger charge is -2.27. The molecule has 0 spiro atoms. The van der Waals surface area contributed by atoms with Gasteiger partial charge >= 0.3 is 18.1 Å². The maximum Gasteiger partial charge on any atom is 0.416 e. The normalized spacial score (nSPS) is 11.2. The molecule has 0 aromatic heterocycles. The molecular formula is C36H36F3NO5. The van der Waals surface area contributed by atoms with Gasteiger partial charge in [0.15, 0.2) is 0 Å². The summed E-state index contributed by atoms with van der Waals surface area (Å²) in [6, 6.07) is 25.0. The lowest BCUT2D eigenvalue weighted by atomic mass is 9.94. The molecule has 0 amide bonds. The number of hydrogen-bond donors (Lipinski definition) is 0. The predicted molar refractivity (Wildman–Crippen MR) is 167 cm³/mol. The van der Waals surface area contributed by atoms with Crippen molar-refractivity contribution in [1.29, 1.82) is 0 Å². The van der Waals surface area contributed by atoms with E-state index in [0.29, 0.717) is 52.4 Å². The van der Waals surface area contributed by atoms with Crippen molar-refractivity contribution in [2.75, 3.05) is 24.7 Å². The first-order valence-corrected chi connectivity index (χ1v) is 14.8. The molecule has 4 aromatic carbocycles. The van der Waals surface area contributed by atoms with Crippen molar-refractivity contribution < 1.29 is 37.0 Å². The van der Waals surface area contributed by atoms with Gasteiger partial charge in [-0.1, -0.05) is 54.6 Å². The molecule has 9 heteroatoms. The van der Waals surface area contributed by atoms with E-state index in [0.717, 1.165) is 17.7 Å². The van der Waals surface area contributed by atoms with Crippen LogP contribution in [0.15, 0.2) is 91.0 Å². The van der Waals surface area contributed by atoms with Gasteiger partial charge in [-0.2, -0.15) is 13.2 Å². The average molecular weight is 620 g/mol. The lowest BCUT2D eigenvalue weighted by molar-refractivity contribution is -0.142. The summed E-state index contributed by atoms with van der Waals surface area (Å²) in [5, 5.41) is 0. The predicted octanol–water partition coefficient (Wildman–Crippen LogP) is 8.26. The number of anilines is 1. The van der Waals surface area contributed by atoms with Crippen LogP contribution in [0.1, 0.15) is 53.4 Å². The number of hydrogen-bond acceptors (Lipinski definition) is 6. The summed E-state index contributed by atoms with van der Waals surface area (Å²) < 4.78 is 58.5. The van der Waals surface area contributed by atoms with E-state index in [9.17, 15) is 22.8 Å². The second-order valence-electron chi connectivity index (χ2n) is 10.2. The van der Waals surface area contributed by atoms with Crippen LogP contribution in [0.4, 0.5) is 18.9 Å². The Balaban J connectivity index is 1.75. The Morgan fingerprint density at radius 3 is 2.18 bits per heavy atom. The molecule has 0 radical (unpaired) electrons. The van der Waals surface area contributed by atoms with E-state index in [-0.39, 0.29) is 26.2 Å². The molecule has 0 aliphatic heterocycles. The van der Waals surface area contributed by atoms with Crippen LogP contribution in [0.5, 0.6) is 5.75 Å². The van der Waals surface area contributed by atoms with Crippen molar-refractivity contribution >= 4 is 17.6 Å². The molecule has 0 unspecified atom stereocenters. The fourth-order valence-corrected chi connectivity index (χ4v) is 5.02. The molecule has 0 aliphatic carbocycles. The summed E-state index contributed by atoms with van der Waals surface area (Å²) >= 11 is 0. The van der Waals surface area contributed by atoms with Crippen molar-refractivity contribution in [3.8, 4) is 16.9 Å². The smallest absolute Gasteiger partial charge is 0.416 e. The SMILES string of the molecule is CCOC(=O)Cc1ccc(OCC)c(-c2ccc(C(F)(F)F)cc2CN(CC)c2ccccc2C(=O)OCc2ccccc2)c1. The van der Waals surface area contributed by atoms with Gasteiger partial charge < -0.3 is 19.1 Å². The number of carbonyl (C=O) groups excluding carboxylic acids is 2. The summed E-state index contributed by atoms with van der Waals surface area (Å²) in [6.45, 7) is 6.49. The van der Waals surface area contributed by atoms with Crippen LogP contribution in [0.2, 0.25) is 0 Å². The number of ether oxygens (including phenoxy) is 3. The van der Waals surface area contributed by atoms with Crippen molar-refractivity contribution in [2.45, 2.75) is 46.5 Å². The highest BCUT2D eigenvalue weighted by Gasteiger charge is 2.32. The molecule has 0 fully saturated rings. The van der Waals surface area contributed by atoms with Crippen molar-refractivity contribution in [1.82, 2.24) is 0 Å². The number of para-hydroxylation sites is 1. The van der Waals surface area contributed by atoms with E-state index >= 15 is 0 Å². The zero-order chi connectivity index (χ0) is 32.4. The second kappa shape index (κ2) is 15.3. The summed E-state index contributed by atoms with van der Waals surface area (Å²) in [4.78, 5) is 27.3. The summed E-state index contributed by atoms with van der Waals surface area (Å²) in [6.07, 6.45) is -4.57. The minimum absolute atomic E-state index is 0.00274. The Labute approximate surface area is 261 Å². The van der Waals surface area contributed by atoms with Crippen LogP contribution < -0.4 is 9.64 Å². The number of alkyl halides is 3. The molecule has 6 nitrogen and oxygen atoms in total. The Bertz CT molecular complexity index is 1600. The minimum atomic E-state index is -4.57. The van der Waals surface area contributed by atoms with Crippen molar-refractivity contribution in [3.63, 3.8) is 0 Å². The van der Waals surface area contributed by atoms with E-state index in [4.69, 9.17) is 14.2 Å². The highest BCUT2D eigenvalue weighted by molar-refractivity contribution is 5.96. The van der Waals surface area contributed by atoms with Gasteiger partial charge in [-0.25, -0.2) is 4.79 Å². The third-order valence-electron chi connectivity index (χ3n) is 7.14. The quantitative estimate of drug-likeness (QED) is 0.140. The van der Waals surface area contributed by atoms with Gasteiger partial charge in [-0.15, -0.1) is 0 Å². The van der Waals surface area contributed by atoms with Crippen LogP contribution in [0.3, 0.4) is 0 Å². The monoisotopic (exact) mass is 619 g/mol. The number of esters is 2. The topological polar surface area (TPSA) is 65.1 Å². The van der Waals surface area contributed by atoms with Gasteiger partial charge in [-0.05, 0) is 79.4 Å². The Morgan fingerprint density at radius 1 is 0.756 bits per heavy atom. The summed E-state index contributed by atoms with van der Waals surface area (Å²) in [5.41, 5.74) is 2.93. The summed E-state index contributed by atoms with van der Waals surface area (Å²) in [7, 11) is 0. The van der Waals surface area contributed by atoms with Crippen LogP contribution >= 0.6 is 0 Å². The minimum Gasteiger partial charge on any atom is -0.493 e. The molecule has 4 rings (SSSR count). The number of nitrogens with zero attached hydrogens (tertiary/aromatic N) is 1. The number of benzene rings is 4. The van der Waals surface area contributed by atoms with Gasteiger partial charge in [-0.3, -0.25) is 4.79 Å². The maximum absolute atomic E-state index is 14.0. The Hall–Kier alpha value is -4.79. The molecule has 0 saturated carbocycles. The molecule has 236 valence electrons. The maximum atomic E-state index is 14.0. The first-order chi connectivity index (χ1) is 21.6. The fraction of sp³-hybridized carbons (Fsp3) is 0.278. The average Bonchev–Trinajstić information content (AvgIpc) is 3.03. The van der Waals surface area contributed by atoms with Gasteiger partial charge in [0.1, 0.15) is 12.4 Å². The Kier molecular flexibility index (Phi) is 11.2. The van der Waals surface area contributed by atoms with E-state index in [1.807, 2.05) is 49.1 Å². The van der Waals surface area contributed by atoms with E-state index in [2.05, 4.69) is 0 Å². The highest BCUT2D eigenvalue weighted by atomic mass is 19.4. The van der Waals surface area contributed by atoms with Crippen molar-refractivity contribution in [2.24, 2.45) is 0 Å². The van der Waals surface area contributed by atoms with E-state index in [1.165, 1.54) is 6.07 Å². The fourth-order valence-electron chi connectivity index (χ4n) is 5.02. The third-order valence-corrected chi connectivity index (χ3v) is 7.14. The van der Waals surface area contributed by atoms with Crippen molar-refractivity contribution in [3.05, 3.63) is 119 Å². The zero-order valence-corrected chi connectivity index (χ0v) is 25.5. The Morgan fingerprint density at radius 2 is 1.49 bits per heavy atom. The number of carbonyl (C=O) groups is 2. The summed E-state index contributed by atoms with van der Waals surface area (Å²) in [5.74, 6) is -0.477.